The molecule has 0 fully saturated rings. The first kappa shape index (κ1) is 12.9. The van der Waals surface area contributed by atoms with E-state index in [-0.39, 0.29) is 0 Å². The van der Waals surface area contributed by atoms with Crippen LogP contribution in [0.1, 0.15) is 18.2 Å². The van der Waals surface area contributed by atoms with Crippen LogP contribution in [-0.4, -0.2) is 18.6 Å². The topological polar surface area (TPSA) is 34.1 Å². The monoisotopic (exact) mass is 262 g/mol. The molecule has 3 nitrogen and oxygen atoms in total. The molecule has 96 valence electrons. The molecule has 0 spiro atoms. The predicted molar refractivity (Wildman–Crippen MR) is 77.7 cm³/mol. The zero-order chi connectivity index (χ0) is 13.1. The van der Waals surface area contributed by atoms with Gasteiger partial charge in [-0.25, -0.2) is 4.98 Å². The van der Waals surface area contributed by atoms with E-state index < -0.39 is 0 Å². The Labute approximate surface area is 112 Å². The molecule has 0 aliphatic heterocycles. The van der Waals surface area contributed by atoms with Gasteiger partial charge in [0.05, 0.1) is 12.3 Å². The van der Waals surface area contributed by atoms with Gasteiger partial charge in [0.25, 0.3) is 0 Å². The number of nitrogens with one attached hydrogen (secondary N) is 1. The summed E-state index contributed by atoms with van der Waals surface area (Å²) in [5.41, 5.74) is 3.34. The minimum atomic E-state index is 0.695. The first-order valence-corrected chi connectivity index (χ1v) is 6.86. The quantitative estimate of drug-likeness (QED) is 0.908. The number of hydrogen-bond acceptors (Lipinski definition) is 4. The molecule has 0 radical (unpaired) electrons. The smallest absolute Gasteiger partial charge is 0.125 e. The molecule has 0 atom stereocenters. The highest BCUT2D eigenvalue weighted by atomic mass is 32.1. The van der Waals surface area contributed by atoms with Gasteiger partial charge in [0, 0.05) is 12.6 Å². The summed E-state index contributed by atoms with van der Waals surface area (Å²) in [6.45, 7) is 6.78. The summed E-state index contributed by atoms with van der Waals surface area (Å²) in [4.78, 5) is 4.58. The first-order chi connectivity index (χ1) is 8.65. The van der Waals surface area contributed by atoms with Gasteiger partial charge in [-0.1, -0.05) is 11.3 Å². The van der Waals surface area contributed by atoms with Gasteiger partial charge >= 0.3 is 0 Å². The molecule has 0 bridgehead atoms. The molecule has 0 amide bonds. The Morgan fingerprint density at radius 3 is 2.67 bits per heavy atom. The van der Waals surface area contributed by atoms with E-state index in [9.17, 15) is 0 Å². The molecule has 4 heteroatoms. The fraction of sp³-hybridized carbons (Fsp3) is 0.357. The Balaban J connectivity index is 2.35. The number of anilines is 1. The van der Waals surface area contributed by atoms with Crippen LogP contribution in [0.15, 0.2) is 18.2 Å². The average Bonchev–Trinajstić information content (AvgIpc) is 2.73. The molecular formula is C14H18N2OS. The van der Waals surface area contributed by atoms with Crippen molar-refractivity contribution in [2.75, 3.05) is 19.0 Å². The van der Waals surface area contributed by atoms with Crippen molar-refractivity contribution in [3.8, 4) is 16.3 Å². The molecule has 0 saturated heterocycles. The lowest BCUT2D eigenvalue weighted by molar-refractivity contribution is 0.338. The molecule has 0 aliphatic rings. The third kappa shape index (κ3) is 2.48. The average molecular weight is 262 g/mol. The maximum atomic E-state index is 5.55. The standard InChI is InChI=1S/C14H18N2OS/c1-5-17-12-7-6-11(8-9(12)2)14-16-10(3)13(15-4)18-14/h6-8,15H,5H2,1-4H3. The number of ether oxygens (including phenoxy) is 1. The molecule has 0 unspecified atom stereocenters. The normalized spacial score (nSPS) is 10.4. The molecule has 1 aromatic heterocycles. The highest BCUT2D eigenvalue weighted by Gasteiger charge is 2.09. The fourth-order valence-corrected chi connectivity index (χ4v) is 2.77. The Morgan fingerprint density at radius 2 is 2.11 bits per heavy atom. The van der Waals surface area contributed by atoms with E-state index in [0.29, 0.717) is 6.61 Å². The van der Waals surface area contributed by atoms with Crippen LogP contribution in [0.3, 0.4) is 0 Å². The first-order valence-electron chi connectivity index (χ1n) is 6.04. The van der Waals surface area contributed by atoms with Crippen molar-refractivity contribution in [3.63, 3.8) is 0 Å². The molecule has 18 heavy (non-hydrogen) atoms. The highest BCUT2D eigenvalue weighted by molar-refractivity contribution is 7.19. The van der Waals surface area contributed by atoms with Gasteiger partial charge in [-0.3, -0.25) is 0 Å². The van der Waals surface area contributed by atoms with Crippen LogP contribution >= 0.6 is 11.3 Å². The van der Waals surface area contributed by atoms with Crippen LogP contribution in [0.25, 0.3) is 10.6 Å². The van der Waals surface area contributed by atoms with Gasteiger partial charge in [0.15, 0.2) is 0 Å². The Kier molecular flexibility index (Phi) is 3.87. The number of rotatable bonds is 4. The van der Waals surface area contributed by atoms with Crippen molar-refractivity contribution in [3.05, 3.63) is 29.5 Å². The number of thiazole rings is 1. The van der Waals surface area contributed by atoms with Gasteiger partial charge in [-0.15, -0.1) is 0 Å². The van der Waals surface area contributed by atoms with Gasteiger partial charge < -0.3 is 10.1 Å². The molecular weight excluding hydrogens is 244 g/mol. The van der Waals surface area contributed by atoms with Crippen molar-refractivity contribution in [2.24, 2.45) is 0 Å². The summed E-state index contributed by atoms with van der Waals surface area (Å²) in [6.07, 6.45) is 0. The molecule has 0 saturated carbocycles. The number of nitrogens with zero attached hydrogens (tertiary/aromatic N) is 1. The van der Waals surface area contributed by atoms with Crippen LogP contribution in [-0.2, 0) is 0 Å². The van der Waals surface area contributed by atoms with E-state index in [1.165, 1.54) is 0 Å². The molecule has 2 aromatic rings. The number of aryl methyl sites for hydroxylation is 2. The van der Waals surface area contributed by atoms with Gasteiger partial charge in [0.1, 0.15) is 15.8 Å². The lowest BCUT2D eigenvalue weighted by Crippen LogP contribution is -1.93. The number of hydrogen-bond donors (Lipinski definition) is 1. The maximum Gasteiger partial charge on any atom is 0.125 e. The second-order valence-electron chi connectivity index (χ2n) is 4.10. The summed E-state index contributed by atoms with van der Waals surface area (Å²) in [6, 6.07) is 6.21. The number of aromatic nitrogens is 1. The maximum absolute atomic E-state index is 5.55. The van der Waals surface area contributed by atoms with E-state index in [1.807, 2.05) is 27.0 Å². The molecule has 1 heterocycles. The van der Waals surface area contributed by atoms with Crippen LogP contribution in [0, 0.1) is 13.8 Å². The third-order valence-corrected chi connectivity index (χ3v) is 3.97. The minimum Gasteiger partial charge on any atom is -0.494 e. The van der Waals surface area contributed by atoms with Crippen LogP contribution in [0.2, 0.25) is 0 Å². The second-order valence-corrected chi connectivity index (χ2v) is 5.10. The van der Waals surface area contributed by atoms with Gasteiger partial charge in [0.2, 0.25) is 0 Å². The van der Waals surface area contributed by atoms with Crippen LogP contribution in [0.4, 0.5) is 5.00 Å². The minimum absolute atomic E-state index is 0.695. The Hall–Kier alpha value is -1.55. The Morgan fingerprint density at radius 1 is 1.33 bits per heavy atom. The molecule has 2 rings (SSSR count). The predicted octanol–water partition coefficient (Wildman–Crippen LogP) is 3.87. The van der Waals surface area contributed by atoms with Gasteiger partial charge in [-0.2, -0.15) is 0 Å². The van der Waals surface area contributed by atoms with Crippen molar-refractivity contribution < 1.29 is 4.74 Å². The van der Waals surface area contributed by atoms with Crippen LogP contribution < -0.4 is 10.1 Å². The van der Waals surface area contributed by atoms with E-state index in [2.05, 4.69) is 29.4 Å². The highest BCUT2D eigenvalue weighted by Crippen LogP contribution is 2.33. The largest absolute Gasteiger partial charge is 0.494 e. The van der Waals surface area contributed by atoms with Crippen molar-refractivity contribution in [2.45, 2.75) is 20.8 Å². The fourth-order valence-electron chi connectivity index (χ4n) is 1.85. The summed E-state index contributed by atoms with van der Waals surface area (Å²) in [7, 11) is 1.92. The van der Waals surface area contributed by atoms with Gasteiger partial charge in [-0.05, 0) is 44.5 Å². The van der Waals surface area contributed by atoms with E-state index in [4.69, 9.17) is 4.74 Å². The molecule has 1 N–H and O–H groups in total. The number of benzene rings is 1. The molecule has 0 aliphatic carbocycles. The van der Waals surface area contributed by atoms with E-state index in [0.717, 1.165) is 32.6 Å². The third-order valence-electron chi connectivity index (χ3n) is 2.75. The second kappa shape index (κ2) is 5.40. The summed E-state index contributed by atoms with van der Waals surface area (Å²) in [5.74, 6) is 0.948. The van der Waals surface area contributed by atoms with Crippen molar-refractivity contribution in [1.29, 1.82) is 0 Å². The van der Waals surface area contributed by atoms with E-state index in [1.54, 1.807) is 11.3 Å². The summed E-state index contributed by atoms with van der Waals surface area (Å²) < 4.78 is 5.55. The Bertz CT molecular complexity index is 549. The summed E-state index contributed by atoms with van der Waals surface area (Å²) >= 11 is 1.68. The SMILES string of the molecule is CCOc1ccc(-c2nc(C)c(NC)s2)cc1C. The lowest BCUT2D eigenvalue weighted by Gasteiger charge is -2.07. The van der Waals surface area contributed by atoms with Crippen molar-refractivity contribution in [1.82, 2.24) is 4.98 Å². The zero-order valence-electron chi connectivity index (χ0n) is 11.2. The van der Waals surface area contributed by atoms with Crippen LogP contribution in [0.5, 0.6) is 5.75 Å². The lowest BCUT2D eigenvalue weighted by atomic mass is 10.1. The van der Waals surface area contributed by atoms with E-state index >= 15 is 0 Å². The summed E-state index contributed by atoms with van der Waals surface area (Å²) in [5, 5.41) is 5.33. The zero-order valence-corrected chi connectivity index (χ0v) is 12.0. The van der Waals surface area contributed by atoms with Crippen molar-refractivity contribution >= 4 is 16.3 Å². The molecule has 1 aromatic carbocycles.